The minimum Gasteiger partial charge on any atom is -0.394 e. The van der Waals surface area contributed by atoms with Crippen molar-refractivity contribution >= 4 is 5.91 Å². The molecule has 7 N–H and O–H groups in total. The third-order valence-electron chi connectivity index (χ3n) is 12.0. The molecule has 0 aromatic carbocycles. The molecule has 8 unspecified atom stereocenters. The molecule has 1 amide bonds. The second-order valence-electron chi connectivity index (χ2n) is 17.8. The summed E-state index contributed by atoms with van der Waals surface area (Å²) in [4.78, 5) is 13.1. The first kappa shape index (κ1) is 58.1. The lowest BCUT2D eigenvalue weighted by atomic mass is 9.99. The van der Waals surface area contributed by atoms with E-state index in [1.165, 1.54) is 148 Å². The van der Waals surface area contributed by atoms with Gasteiger partial charge in [0.2, 0.25) is 5.91 Å². The van der Waals surface area contributed by atoms with E-state index in [4.69, 9.17) is 9.47 Å². The number of hydrogen-bond acceptors (Lipinski definition) is 9. The molecule has 62 heavy (non-hydrogen) atoms. The van der Waals surface area contributed by atoms with Gasteiger partial charge in [-0.3, -0.25) is 4.79 Å². The third-order valence-corrected chi connectivity index (χ3v) is 12.0. The van der Waals surface area contributed by atoms with E-state index in [0.717, 1.165) is 32.1 Å². The van der Waals surface area contributed by atoms with Crippen molar-refractivity contribution in [2.75, 3.05) is 13.2 Å². The lowest BCUT2D eigenvalue weighted by molar-refractivity contribution is -0.302. The van der Waals surface area contributed by atoms with Gasteiger partial charge in [0, 0.05) is 0 Å². The fraction of sp³-hybridized carbons (Fsp3) is 0.827. The predicted octanol–water partition coefficient (Wildman–Crippen LogP) is 10.4. The molecule has 362 valence electrons. The van der Waals surface area contributed by atoms with E-state index in [1.54, 1.807) is 6.08 Å². The maximum absolute atomic E-state index is 13.1. The number of carbonyl (C=O) groups excluding carboxylic acids is 1. The maximum atomic E-state index is 13.1. The third kappa shape index (κ3) is 31.1. The van der Waals surface area contributed by atoms with Gasteiger partial charge >= 0.3 is 0 Å². The van der Waals surface area contributed by atoms with E-state index < -0.39 is 61.5 Å². The second kappa shape index (κ2) is 41.8. The quantitative estimate of drug-likeness (QED) is 0.0179. The molecule has 10 nitrogen and oxygen atoms in total. The molecule has 10 heteroatoms. The summed E-state index contributed by atoms with van der Waals surface area (Å²) >= 11 is 0. The predicted molar refractivity (Wildman–Crippen MR) is 255 cm³/mol. The first-order chi connectivity index (χ1) is 30.3. The van der Waals surface area contributed by atoms with Crippen molar-refractivity contribution in [3.63, 3.8) is 0 Å². The van der Waals surface area contributed by atoms with Gasteiger partial charge in [0.1, 0.15) is 30.5 Å². The van der Waals surface area contributed by atoms with Crippen LogP contribution in [0.2, 0.25) is 0 Å². The van der Waals surface area contributed by atoms with E-state index >= 15 is 0 Å². The van der Waals surface area contributed by atoms with Gasteiger partial charge in [0.25, 0.3) is 0 Å². The standard InChI is InChI=1S/C52H95NO9/c1-3-5-7-9-11-13-15-17-18-19-20-21-22-23-24-25-26-27-29-31-33-35-37-39-41-46(56)51(60)53-44(43-61-52-50(59)49(58)48(57)47(42-54)62-52)45(55)40-38-36-34-32-30-28-16-14-12-10-8-6-4-2/h13,15-16,28,30,32,38,40,44-50,52,54-59H,3-12,14,17-27,29,31,33-37,39,41-43H2,1-2H3,(H,53,60). The monoisotopic (exact) mass is 878 g/mol. The molecule has 1 aliphatic heterocycles. The number of rotatable bonds is 42. The fourth-order valence-corrected chi connectivity index (χ4v) is 7.82. The number of aliphatic hydroxyl groups excluding tert-OH is 6. The summed E-state index contributed by atoms with van der Waals surface area (Å²) in [5, 5.41) is 64.7. The van der Waals surface area contributed by atoms with Crippen LogP contribution in [0.5, 0.6) is 0 Å². The summed E-state index contributed by atoms with van der Waals surface area (Å²) in [6.45, 7) is 3.55. The Kier molecular flexibility index (Phi) is 39.2. The van der Waals surface area contributed by atoms with Gasteiger partial charge in [-0.1, -0.05) is 204 Å². The molecule has 1 heterocycles. The summed E-state index contributed by atoms with van der Waals surface area (Å²) < 4.78 is 11.1. The number of aliphatic hydroxyl groups is 6. The molecular weight excluding hydrogens is 783 g/mol. The van der Waals surface area contributed by atoms with E-state index in [-0.39, 0.29) is 6.61 Å². The summed E-state index contributed by atoms with van der Waals surface area (Å²) in [6.07, 6.45) is 43.5. The lowest BCUT2D eigenvalue weighted by Gasteiger charge is -2.40. The van der Waals surface area contributed by atoms with Gasteiger partial charge in [0.15, 0.2) is 6.29 Å². The minimum absolute atomic E-state index is 0.300. The summed E-state index contributed by atoms with van der Waals surface area (Å²) in [5.74, 6) is -0.633. The fourth-order valence-electron chi connectivity index (χ4n) is 7.82. The molecule has 0 aliphatic carbocycles. The van der Waals surface area contributed by atoms with Crippen molar-refractivity contribution in [1.82, 2.24) is 5.32 Å². The minimum atomic E-state index is -1.62. The van der Waals surface area contributed by atoms with Gasteiger partial charge in [-0.15, -0.1) is 0 Å². The topological polar surface area (TPSA) is 169 Å². The smallest absolute Gasteiger partial charge is 0.249 e. The Morgan fingerprint density at radius 3 is 1.52 bits per heavy atom. The summed E-state index contributed by atoms with van der Waals surface area (Å²) in [6, 6.07) is -1.01. The van der Waals surface area contributed by atoms with Crippen LogP contribution in [0.15, 0.2) is 48.6 Å². The van der Waals surface area contributed by atoms with Crippen LogP contribution in [0, 0.1) is 0 Å². The van der Waals surface area contributed by atoms with Crippen LogP contribution in [0.25, 0.3) is 0 Å². The van der Waals surface area contributed by atoms with Crippen molar-refractivity contribution in [3.05, 3.63) is 48.6 Å². The Bertz CT molecular complexity index is 1130. The zero-order chi connectivity index (χ0) is 45.3. The zero-order valence-electron chi connectivity index (χ0n) is 39.5. The van der Waals surface area contributed by atoms with Crippen LogP contribution in [-0.2, 0) is 14.3 Å². The zero-order valence-corrected chi connectivity index (χ0v) is 39.5. The Balaban J connectivity index is 2.31. The highest BCUT2D eigenvalue weighted by molar-refractivity contribution is 5.80. The van der Waals surface area contributed by atoms with Crippen LogP contribution in [0.4, 0.5) is 0 Å². The first-order valence-corrected chi connectivity index (χ1v) is 25.5. The SMILES string of the molecule is CCCCCCC=CCCCCCCCCCCCCCCCCCCC(O)C(=O)NC(COC1OC(CO)C(O)C(O)C1O)C(O)C=CCCC=CC=CCCCCCCC. The van der Waals surface area contributed by atoms with Crippen LogP contribution in [-0.4, -0.2) is 98.7 Å². The number of ether oxygens (including phenoxy) is 2. The molecular formula is C52H95NO9. The van der Waals surface area contributed by atoms with Crippen LogP contribution in [0.3, 0.4) is 0 Å². The molecule has 0 spiro atoms. The maximum Gasteiger partial charge on any atom is 0.249 e. The molecule has 8 atom stereocenters. The number of carbonyl (C=O) groups is 1. The Hall–Kier alpha value is -1.89. The highest BCUT2D eigenvalue weighted by atomic mass is 16.7. The normalized spacial score (nSPS) is 21.2. The Labute approximate surface area is 378 Å². The summed E-state index contributed by atoms with van der Waals surface area (Å²) in [7, 11) is 0. The van der Waals surface area contributed by atoms with Crippen molar-refractivity contribution in [3.8, 4) is 0 Å². The van der Waals surface area contributed by atoms with E-state index in [1.807, 2.05) is 12.2 Å². The highest BCUT2D eigenvalue weighted by Crippen LogP contribution is 2.23. The number of allylic oxidation sites excluding steroid dienone is 7. The average molecular weight is 878 g/mol. The second-order valence-corrected chi connectivity index (χ2v) is 17.8. The lowest BCUT2D eigenvalue weighted by Crippen LogP contribution is -2.60. The van der Waals surface area contributed by atoms with Gasteiger partial charge < -0.3 is 45.4 Å². The van der Waals surface area contributed by atoms with Crippen LogP contribution < -0.4 is 5.32 Å². The van der Waals surface area contributed by atoms with Crippen molar-refractivity contribution in [2.24, 2.45) is 0 Å². The molecule has 1 aliphatic rings. The van der Waals surface area contributed by atoms with E-state index in [0.29, 0.717) is 19.3 Å². The largest absolute Gasteiger partial charge is 0.394 e. The number of amides is 1. The average Bonchev–Trinajstić information content (AvgIpc) is 3.27. The Morgan fingerprint density at radius 2 is 1.00 bits per heavy atom. The van der Waals surface area contributed by atoms with Crippen molar-refractivity contribution in [2.45, 2.75) is 262 Å². The van der Waals surface area contributed by atoms with Crippen molar-refractivity contribution in [1.29, 1.82) is 0 Å². The van der Waals surface area contributed by atoms with Gasteiger partial charge in [-0.25, -0.2) is 0 Å². The Morgan fingerprint density at radius 1 is 0.565 bits per heavy atom. The number of unbranched alkanes of at least 4 members (excludes halogenated alkanes) is 26. The molecule has 1 saturated heterocycles. The summed E-state index contributed by atoms with van der Waals surface area (Å²) in [5.41, 5.74) is 0. The molecule has 1 fully saturated rings. The molecule has 0 aromatic heterocycles. The first-order valence-electron chi connectivity index (χ1n) is 25.5. The molecule has 0 aromatic rings. The molecule has 0 bridgehead atoms. The molecule has 1 rings (SSSR count). The van der Waals surface area contributed by atoms with Crippen LogP contribution in [0.1, 0.15) is 213 Å². The van der Waals surface area contributed by atoms with Crippen LogP contribution >= 0.6 is 0 Å². The van der Waals surface area contributed by atoms with E-state index in [2.05, 4.69) is 49.5 Å². The number of nitrogens with one attached hydrogen (secondary N) is 1. The van der Waals surface area contributed by atoms with Crippen molar-refractivity contribution < 1.29 is 44.9 Å². The van der Waals surface area contributed by atoms with Gasteiger partial charge in [0.05, 0.1) is 25.4 Å². The van der Waals surface area contributed by atoms with Gasteiger partial charge in [-0.2, -0.15) is 0 Å². The van der Waals surface area contributed by atoms with Gasteiger partial charge in [-0.05, 0) is 57.8 Å². The van der Waals surface area contributed by atoms with E-state index in [9.17, 15) is 35.4 Å². The highest BCUT2D eigenvalue weighted by Gasteiger charge is 2.44. The number of hydrogen-bond donors (Lipinski definition) is 7. The molecule has 0 saturated carbocycles. The molecule has 0 radical (unpaired) electrons.